The van der Waals surface area contributed by atoms with E-state index >= 15 is 0 Å². The first-order valence-corrected chi connectivity index (χ1v) is 5.34. The maximum Gasteiger partial charge on any atom is 0.181 e. The Balaban J connectivity index is 1.91. The van der Waals surface area contributed by atoms with Crippen molar-refractivity contribution in [2.45, 2.75) is 19.3 Å². The minimum Gasteiger partial charge on any atom is -0.443 e. The van der Waals surface area contributed by atoms with E-state index < -0.39 is 0 Å². The van der Waals surface area contributed by atoms with Crippen molar-refractivity contribution in [3.05, 3.63) is 30.2 Å². The van der Waals surface area contributed by atoms with E-state index in [1.165, 1.54) is 24.8 Å². The smallest absolute Gasteiger partial charge is 0.181 e. The van der Waals surface area contributed by atoms with E-state index in [4.69, 9.17) is 10.2 Å². The van der Waals surface area contributed by atoms with Crippen molar-refractivity contribution in [3.8, 4) is 0 Å². The third kappa shape index (κ3) is 1.53. The maximum atomic E-state index is 5.77. The monoisotopic (exact) mass is 202 g/mol. The largest absolute Gasteiger partial charge is 0.443 e. The summed E-state index contributed by atoms with van der Waals surface area (Å²) in [4.78, 5) is 4.10. The highest BCUT2D eigenvalue weighted by Crippen LogP contribution is 2.47. The zero-order chi connectivity index (χ0) is 10.3. The van der Waals surface area contributed by atoms with Crippen LogP contribution in [0.1, 0.15) is 18.4 Å². The first-order valence-electron chi connectivity index (χ1n) is 5.34. The Labute approximate surface area is 88.3 Å². The molecule has 0 spiro atoms. The molecule has 3 nitrogen and oxygen atoms in total. The van der Waals surface area contributed by atoms with Crippen LogP contribution >= 0.6 is 0 Å². The summed E-state index contributed by atoms with van der Waals surface area (Å²) >= 11 is 0. The summed E-state index contributed by atoms with van der Waals surface area (Å²) in [6.07, 6.45) is 5.08. The Morgan fingerprint density at radius 3 is 3.00 bits per heavy atom. The molecule has 1 aromatic carbocycles. The number of oxazole rings is 1. The van der Waals surface area contributed by atoms with Gasteiger partial charge in [0.05, 0.1) is 0 Å². The Morgan fingerprint density at radius 2 is 2.27 bits per heavy atom. The van der Waals surface area contributed by atoms with Gasteiger partial charge in [0.2, 0.25) is 0 Å². The van der Waals surface area contributed by atoms with Crippen molar-refractivity contribution in [2.75, 3.05) is 6.54 Å². The molecule has 2 N–H and O–H groups in total. The fourth-order valence-electron chi connectivity index (χ4n) is 2.07. The number of hydrogen-bond acceptors (Lipinski definition) is 3. The van der Waals surface area contributed by atoms with E-state index in [1.54, 1.807) is 0 Å². The van der Waals surface area contributed by atoms with Crippen LogP contribution in [0.15, 0.2) is 29.0 Å². The molecule has 1 heterocycles. The molecular formula is C12H14N2O. The lowest BCUT2D eigenvalue weighted by Crippen LogP contribution is -2.17. The van der Waals surface area contributed by atoms with Crippen LogP contribution in [0.5, 0.6) is 0 Å². The van der Waals surface area contributed by atoms with Crippen molar-refractivity contribution < 1.29 is 4.42 Å². The van der Waals surface area contributed by atoms with Crippen LogP contribution in [0.4, 0.5) is 0 Å². The van der Waals surface area contributed by atoms with Crippen LogP contribution in [0.3, 0.4) is 0 Å². The normalized spacial score (nSPS) is 18.2. The van der Waals surface area contributed by atoms with Crippen LogP contribution in [-0.2, 0) is 6.42 Å². The molecular weight excluding hydrogens is 188 g/mol. The summed E-state index contributed by atoms with van der Waals surface area (Å²) < 4.78 is 5.28. The summed E-state index contributed by atoms with van der Waals surface area (Å²) in [7, 11) is 0. The molecule has 0 amide bonds. The average molecular weight is 202 g/mol. The molecule has 3 rings (SSSR count). The molecule has 1 aliphatic rings. The molecule has 2 aromatic rings. The van der Waals surface area contributed by atoms with Gasteiger partial charge in [0.25, 0.3) is 0 Å². The van der Waals surface area contributed by atoms with Gasteiger partial charge in [0, 0.05) is 0 Å². The van der Waals surface area contributed by atoms with Crippen LogP contribution in [0.2, 0.25) is 0 Å². The third-order valence-corrected chi connectivity index (χ3v) is 3.36. The molecule has 1 saturated carbocycles. The second-order valence-electron chi connectivity index (χ2n) is 4.54. The van der Waals surface area contributed by atoms with Crippen molar-refractivity contribution >= 4 is 11.1 Å². The molecule has 0 bridgehead atoms. The van der Waals surface area contributed by atoms with Gasteiger partial charge in [0.15, 0.2) is 12.0 Å². The highest BCUT2D eigenvalue weighted by Gasteiger charge is 2.40. The molecule has 0 radical (unpaired) electrons. The molecule has 78 valence electrons. The molecule has 1 fully saturated rings. The van der Waals surface area contributed by atoms with Gasteiger partial charge < -0.3 is 10.2 Å². The zero-order valence-electron chi connectivity index (χ0n) is 8.57. The number of nitrogens with two attached hydrogens (primary N) is 1. The molecule has 1 aliphatic carbocycles. The number of hydrogen-bond donors (Lipinski definition) is 1. The first-order chi connectivity index (χ1) is 7.31. The number of rotatable bonds is 3. The number of benzene rings is 1. The fraction of sp³-hybridized carbons (Fsp3) is 0.417. The van der Waals surface area contributed by atoms with Gasteiger partial charge in [0.1, 0.15) is 5.52 Å². The van der Waals surface area contributed by atoms with E-state index in [0.717, 1.165) is 24.1 Å². The number of fused-ring (bicyclic) bond motifs is 1. The Bertz CT molecular complexity index is 485. The molecule has 0 atom stereocenters. The lowest BCUT2D eigenvalue weighted by molar-refractivity contribution is 0.520. The summed E-state index contributed by atoms with van der Waals surface area (Å²) in [6.45, 7) is 0.793. The van der Waals surface area contributed by atoms with Crippen LogP contribution in [-0.4, -0.2) is 11.5 Å². The third-order valence-electron chi connectivity index (χ3n) is 3.36. The Kier molecular flexibility index (Phi) is 1.83. The summed E-state index contributed by atoms with van der Waals surface area (Å²) in [5.41, 5.74) is 9.27. The molecule has 3 heteroatoms. The minimum atomic E-state index is 0.383. The molecule has 15 heavy (non-hydrogen) atoms. The van der Waals surface area contributed by atoms with Crippen LogP contribution in [0.25, 0.3) is 11.1 Å². The standard InChI is InChI=1S/C12H14N2O/c13-7-12(3-4-12)6-9-1-2-10-11(5-9)15-8-14-10/h1-2,5,8H,3-4,6-7,13H2. The van der Waals surface area contributed by atoms with Gasteiger partial charge in [-0.05, 0) is 48.9 Å². The number of nitrogens with zero attached hydrogens (tertiary/aromatic N) is 1. The van der Waals surface area contributed by atoms with Gasteiger partial charge in [-0.25, -0.2) is 4.98 Å². The highest BCUT2D eigenvalue weighted by molar-refractivity contribution is 5.72. The van der Waals surface area contributed by atoms with Gasteiger partial charge in [-0.15, -0.1) is 0 Å². The Hall–Kier alpha value is -1.35. The topological polar surface area (TPSA) is 52.0 Å². The summed E-state index contributed by atoms with van der Waals surface area (Å²) in [5, 5.41) is 0. The van der Waals surface area contributed by atoms with Gasteiger partial charge in [-0.3, -0.25) is 0 Å². The first kappa shape index (κ1) is 8.92. The molecule has 0 unspecified atom stereocenters. The van der Waals surface area contributed by atoms with Crippen molar-refractivity contribution in [3.63, 3.8) is 0 Å². The van der Waals surface area contributed by atoms with Crippen molar-refractivity contribution in [1.82, 2.24) is 4.98 Å². The molecule has 0 saturated heterocycles. The average Bonchev–Trinajstić information content (AvgIpc) is 2.88. The van der Waals surface area contributed by atoms with Gasteiger partial charge in [-0.1, -0.05) is 6.07 Å². The zero-order valence-corrected chi connectivity index (χ0v) is 8.57. The minimum absolute atomic E-state index is 0.383. The van der Waals surface area contributed by atoms with Gasteiger partial charge >= 0.3 is 0 Å². The van der Waals surface area contributed by atoms with Crippen molar-refractivity contribution in [2.24, 2.45) is 11.1 Å². The second-order valence-corrected chi connectivity index (χ2v) is 4.54. The second kappa shape index (κ2) is 3.07. The predicted octanol–water partition coefficient (Wildman–Crippen LogP) is 2.11. The Morgan fingerprint density at radius 1 is 1.40 bits per heavy atom. The van der Waals surface area contributed by atoms with Crippen LogP contribution < -0.4 is 5.73 Å². The predicted molar refractivity (Wildman–Crippen MR) is 58.4 cm³/mol. The van der Waals surface area contributed by atoms with Gasteiger partial charge in [-0.2, -0.15) is 0 Å². The maximum absolute atomic E-state index is 5.77. The summed E-state index contributed by atoms with van der Waals surface area (Å²) in [5.74, 6) is 0. The van der Waals surface area contributed by atoms with Crippen LogP contribution in [0, 0.1) is 5.41 Å². The lowest BCUT2D eigenvalue weighted by Gasteiger charge is -2.11. The van der Waals surface area contributed by atoms with E-state index in [9.17, 15) is 0 Å². The van der Waals surface area contributed by atoms with E-state index in [1.807, 2.05) is 6.07 Å². The quantitative estimate of drug-likeness (QED) is 0.829. The number of aromatic nitrogens is 1. The molecule has 1 aromatic heterocycles. The highest BCUT2D eigenvalue weighted by atomic mass is 16.3. The SMILES string of the molecule is NCC1(Cc2ccc3ncoc3c2)CC1. The van der Waals surface area contributed by atoms with E-state index in [-0.39, 0.29) is 0 Å². The summed E-state index contributed by atoms with van der Waals surface area (Å²) in [6, 6.07) is 6.22. The molecule has 0 aliphatic heterocycles. The van der Waals surface area contributed by atoms with E-state index in [0.29, 0.717) is 5.41 Å². The lowest BCUT2D eigenvalue weighted by atomic mass is 9.96. The fourth-order valence-corrected chi connectivity index (χ4v) is 2.07. The van der Waals surface area contributed by atoms with Crippen molar-refractivity contribution in [1.29, 1.82) is 0 Å². The van der Waals surface area contributed by atoms with E-state index in [2.05, 4.69) is 17.1 Å².